The van der Waals surface area contributed by atoms with Crippen molar-refractivity contribution in [3.63, 3.8) is 0 Å². The third-order valence-electron chi connectivity index (χ3n) is 4.00. The summed E-state index contributed by atoms with van der Waals surface area (Å²) < 4.78 is 5.95. The molecular weight excluding hydrogens is 330 g/mol. The van der Waals surface area contributed by atoms with E-state index in [9.17, 15) is 9.90 Å². The Balaban J connectivity index is 1.93. The van der Waals surface area contributed by atoms with Gasteiger partial charge in [0.2, 0.25) is 0 Å². The van der Waals surface area contributed by atoms with Gasteiger partial charge in [0, 0.05) is 11.4 Å². The fraction of sp³-hybridized carbons (Fsp3) is 0.150. The Bertz CT molecular complexity index is 1100. The van der Waals surface area contributed by atoms with Gasteiger partial charge in [-0.05, 0) is 44.2 Å². The third kappa shape index (κ3) is 2.86. The Kier molecular flexibility index (Phi) is 3.80. The summed E-state index contributed by atoms with van der Waals surface area (Å²) in [6.07, 6.45) is 0. The molecule has 0 bridgehead atoms. The van der Waals surface area contributed by atoms with E-state index in [2.05, 4.69) is 15.3 Å². The monoisotopic (exact) mass is 347 g/mol. The van der Waals surface area contributed by atoms with Crippen molar-refractivity contribution >= 4 is 33.8 Å². The second-order valence-corrected chi connectivity index (χ2v) is 6.38. The molecule has 0 radical (unpaired) electrons. The molecule has 0 atom stereocenters. The predicted octanol–water partition coefficient (Wildman–Crippen LogP) is 4.56. The van der Waals surface area contributed by atoms with Gasteiger partial charge in [0.15, 0.2) is 11.6 Å². The Hall–Kier alpha value is -3.41. The van der Waals surface area contributed by atoms with Gasteiger partial charge in [0.1, 0.15) is 11.3 Å². The number of benzene rings is 2. The number of nitrogens with one attached hydrogen (secondary N) is 1. The van der Waals surface area contributed by atoms with E-state index in [1.807, 2.05) is 44.2 Å². The molecule has 6 nitrogen and oxygen atoms in total. The summed E-state index contributed by atoms with van der Waals surface area (Å²) in [4.78, 5) is 20.5. The molecule has 0 aliphatic carbocycles. The van der Waals surface area contributed by atoms with Gasteiger partial charge in [-0.3, -0.25) is 0 Å². The number of aromatic carboxylic acids is 1. The smallest absolute Gasteiger partial charge is 0.335 e. The summed E-state index contributed by atoms with van der Waals surface area (Å²) in [7, 11) is 0. The Morgan fingerprint density at radius 3 is 2.62 bits per heavy atom. The van der Waals surface area contributed by atoms with Crippen LogP contribution in [0, 0.1) is 0 Å². The Labute approximate surface area is 149 Å². The third-order valence-corrected chi connectivity index (χ3v) is 4.00. The molecule has 4 rings (SSSR count). The number of para-hydroxylation sites is 1. The second kappa shape index (κ2) is 6.15. The van der Waals surface area contributed by atoms with Gasteiger partial charge < -0.3 is 14.8 Å². The maximum absolute atomic E-state index is 11.2. The first-order chi connectivity index (χ1) is 12.5. The summed E-state index contributed by atoms with van der Waals surface area (Å²) in [5.74, 6) is 0.189. The van der Waals surface area contributed by atoms with Gasteiger partial charge >= 0.3 is 5.97 Å². The van der Waals surface area contributed by atoms with E-state index in [4.69, 9.17) is 4.42 Å². The van der Waals surface area contributed by atoms with E-state index in [1.54, 1.807) is 6.07 Å². The van der Waals surface area contributed by atoms with E-state index in [-0.39, 0.29) is 11.6 Å². The quantitative estimate of drug-likeness (QED) is 0.562. The normalized spacial score (nSPS) is 11.3. The van der Waals surface area contributed by atoms with Gasteiger partial charge in [-0.25, -0.2) is 14.8 Å². The second-order valence-electron chi connectivity index (χ2n) is 6.38. The van der Waals surface area contributed by atoms with Gasteiger partial charge in [-0.1, -0.05) is 18.2 Å². The fourth-order valence-electron chi connectivity index (χ4n) is 2.83. The van der Waals surface area contributed by atoms with Gasteiger partial charge in [0.05, 0.1) is 16.6 Å². The van der Waals surface area contributed by atoms with Crippen LogP contribution in [0.1, 0.15) is 24.2 Å². The molecule has 0 fully saturated rings. The lowest BCUT2D eigenvalue weighted by atomic mass is 10.1. The van der Waals surface area contributed by atoms with Crippen LogP contribution in [0.3, 0.4) is 0 Å². The molecule has 2 aromatic carbocycles. The van der Waals surface area contributed by atoms with E-state index >= 15 is 0 Å². The minimum Gasteiger partial charge on any atom is -0.478 e. The van der Waals surface area contributed by atoms with Crippen LogP contribution in [0.5, 0.6) is 0 Å². The lowest BCUT2D eigenvalue weighted by Gasteiger charge is -2.13. The number of carboxylic acid groups (broad SMARTS) is 1. The maximum atomic E-state index is 11.2. The number of furan rings is 1. The summed E-state index contributed by atoms with van der Waals surface area (Å²) in [5.41, 5.74) is 2.69. The highest BCUT2D eigenvalue weighted by molar-refractivity contribution is 5.93. The Morgan fingerprint density at radius 1 is 1.08 bits per heavy atom. The van der Waals surface area contributed by atoms with Crippen molar-refractivity contribution in [2.75, 3.05) is 5.32 Å². The van der Waals surface area contributed by atoms with Crippen molar-refractivity contribution in [2.45, 2.75) is 19.9 Å². The summed E-state index contributed by atoms with van der Waals surface area (Å²) in [6.45, 7) is 4.00. The summed E-state index contributed by atoms with van der Waals surface area (Å²) in [6, 6.07) is 14.5. The number of nitrogens with zero attached hydrogens (tertiary/aromatic N) is 2. The van der Waals surface area contributed by atoms with Crippen LogP contribution < -0.4 is 5.32 Å². The van der Waals surface area contributed by atoms with Crippen molar-refractivity contribution in [3.05, 3.63) is 54.1 Å². The van der Waals surface area contributed by atoms with Crippen LogP contribution >= 0.6 is 0 Å². The topological polar surface area (TPSA) is 88.2 Å². The average molecular weight is 347 g/mol. The van der Waals surface area contributed by atoms with Crippen LogP contribution in [-0.4, -0.2) is 27.1 Å². The standard InChI is InChI=1S/C20H17N3O3/c1-11(2)21-19-18(17-10-12-5-3-4-6-16(12)26-17)22-14-8-7-13(20(24)25)9-15(14)23-19/h3-11H,1-2H3,(H,21,23)(H,24,25). The van der Waals surface area contributed by atoms with Gasteiger partial charge in [-0.15, -0.1) is 0 Å². The summed E-state index contributed by atoms with van der Waals surface area (Å²) in [5, 5.41) is 13.5. The van der Waals surface area contributed by atoms with Crippen molar-refractivity contribution in [1.29, 1.82) is 0 Å². The first kappa shape index (κ1) is 16.1. The molecule has 2 aromatic heterocycles. The van der Waals surface area contributed by atoms with Crippen LogP contribution in [0.2, 0.25) is 0 Å². The lowest BCUT2D eigenvalue weighted by molar-refractivity contribution is 0.0697. The largest absolute Gasteiger partial charge is 0.478 e. The molecule has 0 aliphatic heterocycles. The molecule has 4 aromatic rings. The van der Waals surface area contributed by atoms with E-state index in [0.717, 1.165) is 11.0 Å². The zero-order valence-corrected chi connectivity index (χ0v) is 14.4. The van der Waals surface area contributed by atoms with Crippen LogP contribution in [0.4, 0.5) is 5.82 Å². The highest BCUT2D eigenvalue weighted by Crippen LogP contribution is 2.32. The number of carboxylic acids is 1. The molecule has 2 N–H and O–H groups in total. The highest BCUT2D eigenvalue weighted by Gasteiger charge is 2.17. The number of anilines is 1. The van der Waals surface area contributed by atoms with Crippen LogP contribution in [0.25, 0.3) is 33.5 Å². The van der Waals surface area contributed by atoms with Crippen molar-refractivity contribution < 1.29 is 14.3 Å². The minimum absolute atomic E-state index is 0.132. The van der Waals surface area contributed by atoms with Gasteiger partial charge in [-0.2, -0.15) is 0 Å². The van der Waals surface area contributed by atoms with E-state index in [1.165, 1.54) is 12.1 Å². The maximum Gasteiger partial charge on any atom is 0.335 e. The molecule has 0 amide bonds. The predicted molar refractivity (Wildman–Crippen MR) is 100 cm³/mol. The number of hydrogen-bond acceptors (Lipinski definition) is 5. The van der Waals surface area contributed by atoms with Crippen molar-refractivity contribution in [3.8, 4) is 11.5 Å². The molecule has 0 saturated carbocycles. The molecule has 2 heterocycles. The number of hydrogen-bond donors (Lipinski definition) is 2. The molecule has 0 aliphatic rings. The first-order valence-electron chi connectivity index (χ1n) is 8.32. The minimum atomic E-state index is -0.992. The summed E-state index contributed by atoms with van der Waals surface area (Å²) >= 11 is 0. The lowest BCUT2D eigenvalue weighted by Crippen LogP contribution is -2.13. The molecule has 26 heavy (non-hydrogen) atoms. The molecule has 0 saturated heterocycles. The Morgan fingerprint density at radius 2 is 1.88 bits per heavy atom. The van der Waals surface area contributed by atoms with Crippen LogP contribution in [-0.2, 0) is 0 Å². The molecule has 6 heteroatoms. The molecular formula is C20H17N3O3. The number of carbonyl (C=O) groups is 1. The molecule has 130 valence electrons. The first-order valence-corrected chi connectivity index (χ1v) is 8.32. The molecule has 0 spiro atoms. The number of aromatic nitrogens is 2. The van der Waals surface area contributed by atoms with Gasteiger partial charge in [0.25, 0.3) is 0 Å². The van der Waals surface area contributed by atoms with Crippen LogP contribution in [0.15, 0.2) is 52.9 Å². The zero-order valence-electron chi connectivity index (χ0n) is 14.4. The van der Waals surface area contributed by atoms with E-state index < -0.39 is 5.97 Å². The SMILES string of the molecule is CC(C)Nc1nc2cc(C(=O)O)ccc2nc1-c1cc2ccccc2o1. The molecule has 0 unspecified atom stereocenters. The number of rotatable bonds is 4. The van der Waals surface area contributed by atoms with Crippen molar-refractivity contribution in [1.82, 2.24) is 9.97 Å². The zero-order chi connectivity index (χ0) is 18.3. The van der Waals surface area contributed by atoms with Crippen molar-refractivity contribution in [2.24, 2.45) is 0 Å². The average Bonchev–Trinajstić information content (AvgIpc) is 3.04. The number of fused-ring (bicyclic) bond motifs is 2. The fourth-order valence-corrected chi connectivity index (χ4v) is 2.83. The highest BCUT2D eigenvalue weighted by atomic mass is 16.4. The van der Waals surface area contributed by atoms with E-state index in [0.29, 0.717) is 28.3 Å².